The van der Waals surface area contributed by atoms with Gasteiger partial charge in [-0.1, -0.05) is 0 Å². The van der Waals surface area contributed by atoms with Gasteiger partial charge in [0, 0.05) is 36.9 Å². The molecule has 0 heterocycles. The second kappa shape index (κ2) is 25.2. The van der Waals surface area contributed by atoms with Gasteiger partial charge >= 0.3 is 5.97 Å². The van der Waals surface area contributed by atoms with Crippen LogP contribution in [0.1, 0.15) is 0 Å². The Bertz CT molecular complexity index is 304. The third kappa shape index (κ3) is 24.2. The molecule has 0 aliphatic rings. The zero-order valence-corrected chi connectivity index (χ0v) is 21.0. The molecule has 0 aromatic carbocycles. The molecular formula is C13H26O5S8. The molecule has 0 radical (unpaired) electrons. The van der Waals surface area contributed by atoms with Crippen LogP contribution in [-0.2, 0) is 19.3 Å². The van der Waals surface area contributed by atoms with Gasteiger partial charge in [-0.25, -0.2) is 9.78 Å². The van der Waals surface area contributed by atoms with Crippen molar-refractivity contribution in [2.45, 2.75) is 0 Å². The topological polar surface area (TPSA) is 65.0 Å². The summed E-state index contributed by atoms with van der Waals surface area (Å²) in [6, 6.07) is 0. The highest BCUT2D eigenvalue weighted by Crippen LogP contribution is 2.21. The Morgan fingerprint density at radius 1 is 0.808 bits per heavy atom. The molecular weight excluding hydrogens is 493 g/mol. The number of hydrogen-bond acceptors (Lipinski definition) is 13. The Morgan fingerprint density at radius 2 is 1.46 bits per heavy atom. The van der Waals surface area contributed by atoms with Gasteiger partial charge in [-0.3, -0.25) is 4.79 Å². The van der Waals surface area contributed by atoms with Crippen molar-refractivity contribution >= 4 is 101 Å². The average Bonchev–Trinajstić information content (AvgIpc) is 2.65. The van der Waals surface area contributed by atoms with Crippen LogP contribution in [0.3, 0.4) is 0 Å². The molecule has 0 fully saturated rings. The number of thiol groups is 1. The zero-order chi connectivity index (χ0) is 19.1. The largest absolute Gasteiger partial charge is 0.464 e. The lowest BCUT2D eigenvalue weighted by molar-refractivity contribution is -0.274. The first-order valence-electron chi connectivity index (χ1n) is 7.47. The number of esters is 1. The van der Waals surface area contributed by atoms with E-state index >= 15 is 0 Å². The molecule has 5 nitrogen and oxygen atoms in total. The van der Waals surface area contributed by atoms with Crippen molar-refractivity contribution in [2.75, 3.05) is 67.8 Å². The van der Waals surface area contributed by atoms with Crippen molar-refractivity contribution in [2.24, 2.45) is 0 Å². The van der Waals surface area contributed by atoms with Gasteiger partial charge in [0.15, 0.2) is 0 Å². The zero-order valence-electron chi connectivity index (χ0n) is 14.4. The maximum absolute atomic E-state index is 11.5. The summed E-state index contributed by atoms with van der Waals surface area (Å²) in [5, 5.41) is 13.1. The summed E-state index contributed by atoms with van der Waals surface area (Å²) in [5.41, 5.74) is 0. The van der Waals surface area contributed by atoms with Gasteiger partial charge in [-0.05, 0) is 0 Å². The van der Waals surface area contributed by atoms with E-state index in [0.717, 1.165) is 36.9 Å². The van der Waals surface area contributed by atoms with Gasteiger partial charge in [-0.2, -0.15) is 12.6 Å². The standard InChI is InChI=1S/C13H26O5S8/c14-6-23-9-20-3-1-16-13(15)5-22-11-26-12-25-10-21-4-2-17-18-7-24-8-19/h14,19H,1-12H2. The van der Waals surface area contributed by atoms with Crippen LogP contribution in [0.4, 0.5) is 0 Å². The minimum Gasteiger partial charge on any atom is -0.464 e. The average molecular weight is 519 g/mol. The lowest BCUT2D eigenvalue weighted by Gasteiger charge is -2.05. The first kappa shape index (κ1) is 28.1. The molecule has 0 aliphatic heterocycles. The third-order valence-corrected chi connectivity index (χ3v) is 9.95. The van der Waals surface area contributed by atoms with Crippen LogP contribution in [0.25, 0.3) is 0 Å². The normalized spacial score (nSPS) is 11.0. The second-order valence-corrected chi connectivity index (χ2v) is 13.3. The van der Waals surface area contributed by atoms with E-state index in [0.29, 0.717) is 24.9 Å². The predicted octanol–water partition coefficient (Wildman–Crippen LogP) is 4.23. The molecule has 0 saturated heterocycles. The van der Waals surface area contributed by atoms with E-state index in [1.54, 1.807) is 35.3 Å². The first-order valence-corrected chi connectivity index (χ1v) is 16.2. The van der Waals surface area contributed by atoms with Gasteiger partial charge in [0.05, 0.1) is 18.3 Å². The summed E-state index contributed by atoms with van der Waals surface area (Å²) >= 11 is 15.8. The van der Waals surface area contributed by atoms with Crippen molar-refractivity contribution < 1.29 is 24.4 Å². The summed E-state index contributed by atoms with van der Waals surface area (Å²) in [6.07, 6.45) is 0. The number of rotatable bonds is 21. The fourth-order valence-corrected chi connectivity index (χ4v) is 7.40. The van der Waals surface area contributed by atoms with Gasteiger partial charge in [0.25, 0.3) is 0 Å². The van der Waals surface area contributed by atoms with Crippen molar-refractivity contribution in [3.63, 3.8) is 0 Å². The van der Waals surface area contributed by atoms with Crippen LogP contribution in [0, 0.1) is 0 Å². The molecule has 0 aliphatic carbocycles. The summed E-state index contributed by atoms with van der Waals surface area (Å²) in [6.45, 7) is 1.04. The highest BCUT2D eigenvalue weighted by atomic mass is 32.2. The van der Waals surface area contributed by atoms with Gasteiger partial charge in [0.1, 0.15) is 12.5 Å². The molecule has 0 aromatic rings. The van der Waals surface area contributed by atoms with Crippen LogP contribution in [0.5, 0.6) is 0 Å². The number of aliphatic hydroxyl groups excluding tert-OH is 1. The maximum atomic E-state index is 11.5. The fraction of sp³-hybridized carbons (Fsp3) is 0.923. The van der Waals surface area contributed by atoms with Crippen molar-refractivity contribution in [3.05, 3.63) is 0 Å². The number of aliphatic hydroxyl groups is 1. The lowest BCUT2D eigenvalue weighted by Crippen LogP contribution is -2.10. The Hall–Kier alpha value is 2.15. The van der Waals surface area contributed by atoms with E-state index in [2.05, 4.69) is 12.6 Å². The smallest absolute Gasteiger partial charge is 0.315 e. The molecule has 26 heavy (non-hydrogen) atoms. The fourth-order valence-electron chi connectivity index (χ4n) is 1.10. The van der Waals surface area contributed by atoms with E-state index < -0.39 is 0 Å². The molecule has 0 atom stereocenters. The number of carbonyl (C=O) groups excluding carboxylic acids is 1. The Kier molecular flexibility index (Phi) is 27.3. The molecule has 0 amide bonds. The number of thioether (sulfide) groups is 7. The van der Waals surface area contributed by atoms with Crippen LogP contribution in [-0.4, -0.2) is 78.9 Å². The predicted molar refractivity (Wildman–Crippen MR) is 131 cm³/mol. The summed E-state index contributed by atoms with van der Waals surface area (Å²) in [7, 11) is 0. The van der Waals surface area contributed by atoms with E-state index in [4.69, 9.17) is 19.6 Å². The van der Waals surface area contributed by atoms with Gasteiger partial charge < -0.3 is 9.84 Å². The molecule has 0 unspecified atom stereocenters. The minimum absolute atomic E-state index is 0.137. The molecule has 156 valence electrons. The molecule has 0 saturated carbocycles. The van der Waals surface area contributed by atoms with E-state index in [9.17, 15) is 4.79 Å². The van der Waals surface area contributed by atoms with Crippen LogP contribution < -0.4 is 0 Å². The summed E-state index contributed by atoms with van der Waals surface area (Å²) in [5.74, 6) is 2.61. The quantitative estimate of drug-likeness (QED) is 0.0570. The maximum Gasteiger partial charge on any atom is 0.315 e. The number of ether oxygens (including phenoxy) is 1. The number of carbonyl (C=O) groups is 1. The number of hydrogen-bond donors (Lipinski definition) is 2. The molecule has 1 N–H and O–H groups in total. The van der Waals surface area contributed by atoms with E-state index in [1.807, 2.05) is 35.3 Å². The van der Waals surface area contributed by atoms with Gasteiger partial charge in [0.2, 0.25) is 0 Å². The minimum atomic E-state index is -0.149. The SMILES string of the molecule is O=C(CSCSCSCSCCOOCSCS)OCCSCSCO. The van der Waals surface area contributed by atoms with Crippen LogP contribution in [0.2, 0.25) is 0 Å². The molecule has 0 bridgehead atoms. The highest BCUT2D eigenvalue weighted by molar-refractivity contribution is 8.26. The third-order valence-electron chi connectivity index (χ3n) is 2.09. The van der Waals surface area contributed by atoms with Crippen LogP contribution >= 0.6 is 95.0 Å². The Labute approximate surface area is 191 Å². The lowest BCUT2D eigenvalue weighted by atomic mass is 10.8. The van der Waals surface area contributed by atoms with Gasteiger partial charge in [-0.15, -0.1) is 82.3 Å². The molecule has 0 aromatic heterocycles. The molecule has 13 heteroatoms. The Morgan fingerprint density at radius 3 is 2.19 bits per heavy atom. The molecule has 0 spiro atoms. The van der Waals surface area contributed by atoms with Crippen molar-refractivity contribution in [1.82, 2.24) is 0 Å². The molecule has 0 rings (SSSR count). The Balaban J connectivity index is 3.11. The summed E-state index contributed by atoms with van der Waals surface area (Å²) < 4.78 is 5.14. The second-order valence-electron chi connectivity index (χ2n) is 3.99. The monoisotopic (exact) mass is 518 g/mol. The first-order chi connectivity index (χ1) is 12.8. The van der Waals surface area contributed by atoms with Crippen LogP contribution in [0.15, 0.2) is 0 Å². The van der Waals surface area contributed by atoms with Crippen molar-refractivity contribution in [3.8, 4) is 0 Å². The highest BCUT2D eigenvalue weighted by Gasteiger charge is 2.03. The van der Waals surface area contributed by atoms with E-state index in [1.165, 1.54) is 11.8 Å². The van der Waals surface area contributed by atoms with Crippen molar-refractivity contribution in [1.29, 1.82) is 0 Å². The summed E-state index contributed by atoms with van der Waals surface area (Å²) in [4.78, 5) is 21.5. The van der Waals surface area contributed by atoms with E-state index in [-0.39, 0.29) is 11.9 Å².